The standard InChI is InChI=1S/C15H24N2/c1-11(2)15(7-8-15)10-17-9-13-5-4-6-14(16)12(13)3/h4-6,11,17H,7-10,16H2,1-3H3. The number of hydrogen-bond donors (Lipinski definition) is 2. The molecule has 1 aliphatic carbocycles. The van der Waals surface area contributed by atoms with Gasteiger partial charge in [-0.15, -0.1) is 0 Å². The first-order chi connectivity index (χ1) is 8.05. The predicted molar refractivity (Wildman–Crippen MR) is 73.8 cm³/mol. The average Bonchev–Trinajstić information content (AvgIpc) is 3.05. The highest BCUT2D eigenvalue weighted by Gasteiger charge is 2.44. The van der Waals surface area contributed by atoms with E-state index in [9.17, 15) is 0 Å². The molecular weight excluding hydrogens is 208 g/mol. The van der Waals surface area contributed by atoms with Gasteiger partial charge in [0.15, 0.2) is 0 Å². The number of hydrogen-bond acceptors (Lipinski definition) is 2. The second-order valence-electron chi connectivity index (χ2n) is 5.75. The maximum absolute atomic E-state index is 5.91. The van der Waals surface area contributed by atoms with Gasteiger partial charge in [-0.2, -0.15) is 0 Å². The fourth-order valence-corrected chi connectivity index (χ4v) is 2.46. The normalized spacial score (nSPS) is 17.4. The van der Waals surface area contributed by atoms with E-state index >= 15 is 0 Å². The summed E-state index contributed by atoms with van der Waals surface area (Å²) in [4.78, 5) is 0. The molecule has 1 aromatic carbocycles. The monoisotopic (exact) mass is 232 g/mol. The Balaban J connectivity index is 1.89. The van der Waals surface area contributed by atoms with Gasteiger partial charge in [-0.25, -0.2) is 0 Å². The molecule has 3 N–H and O–H groups in total. The summed E-state index contributed by atoms with van der Waals surface area (Å²) in [5.74, 6) is 0.789. The maximum Gasteiger partial charge on any atom is 0.0346 e. The highest BCUT2D eigenvalue weighted by Crippen LogP contribution is 2.51. The molecular formula is C15H24N2. The van der Waals surface area contributed by atoms with Crippen LogP contribution in [-0.2, 0) is 6.54 Å². The quantitative estimate of drug-likeness (QED) is 0.766. The number of nitrogen functional groups attached to an aromatic ring is 1. The van der Waals surface area contributed by atoms with E-state index < -0.39 is 0 Å². The molecule has 0 amide bonds. The van der Waals surface area contributed by atoms with Gasteiger partial charge in [0, 0.05) is 18.8 Å². The summed E-state index contributed by atoms with van der Waals surface area (Å²) in [6, 6.07) is 6.16. The molecule has 1 aliphatic rings. The summed E-state index contributed by atoms with van der Waals surface area (Å²) in [7, 11) is 0. The SMILES string of the molecule is Cc1c(N)cccc1CNCC1(C(C)C)CC1. The minimum absolute atomic E-state index is 0.578. The molecule has 2 heteroatoms. The van der Waals surface area contributed by atoms with Crippen molar-refractivity contribution in [2.75, 3.05) is 12.3 Å². The van der Waals surface area contributed by atoms with E-state index in [-0.39, 0.29) is 0 Å². The van der Waals surface area contributed by atoms with Gasteiger partial charge >= 0.3 is 0 Å². The molecule has 2 nitrogen and oxygen atoms in total. The van der Waals surface area contributed by atoms with Crippen molar-refractivity contribution in [1.82, 2.24) is 5.32 Å². The van der Waals surface area contributed by atoms with Crippen molar-refractivity contribution in [3.8, 4) is 0 Å². The Bertz CT molecular complexity index is 392. The highest BCUT2D eigenvalue weighted by molar-refractivity contribution is 5.49. The van der Waals surface area contributed by atoms with Crippen LogP contribution in [0, 0.1) is 18.3 Å². The molecule has 0 bridgehead atoms. The molecule has 0 heterocycles. The largest absolute Gasteiger partial charge is 0.399 e. The lowest BCUT2D eigenvalue weighted by atomic mass is 9.92. The summed E-state index contributed by atoms with van der Waals surface area (Å²) in [6.07, 6.45) is 2.77. The van der Waals surface area contributed by atoms with E-state index in [1.54, 1.807) is 0 Å². The maximum atomic E-state index is 5.91. The Hall–Kier alpha value is -1.02. The van der Waals surface area contributed by atoms with E-state index in [2.05, 4.69) is 32.2 Å². The smallest absolute Gasteiger partial charge is 0.0346 e. The molecule has 0 aliphatic heterocycles. The molecule has 0 spiro atoms. The van der Waals surface area contributed by atoms with Crippen LogP contribution in [0.3, 0.4) is 0 Å². The van der Waals surface area contributed by atoms with Crippen LogP contribution >= 0.6 is 0 Å². The number of rotatable bonds is 5. The number of anilines is 1. The van der Waals surface area contributed by atoms with Crippen molar-refractivity contribution < 1.29 is 0 Å². The zero-order valence-corrected chi connectivity index (χ0v) is 11.2. The second kappa shape index (κ2) is 4.69. The first kappa shape index (κ1) is 12.4. The minimum Gasteiger partial charge on any atom is -0.399 e. The molecule has 1 aromatic rings. The van der Waals surface area contributed by atoms with Gasteiger partial charge in [0.25, 0.3) is 0 Å². The van der Waals surface area contributed by atoms with Gasteiger partial charge < -0.3 is 11.1 Å². The van der Waals surface area contributed by atoms with Crippen LogP contribution < -0.4 is 11.1 Å². The van der Waals surface area contributed by atoms with Crippen molar-refractivity contribution in [2.24, 2.45) is 11.3 Å². The first-order valence-corrected chi connectivity index (χ1v) is 6.60. The lowest BCUT2D eigenvalue weighted by Crippen LogP contribution is -2.27. The van der Waals surface area contributed by atoms with E-state index in [1.165, 1.54) is 24.0 Å². The van der Waals surface area contributed by atoms with Crippen molar-refractivity contribution in [2.45, 2.75) is 40.2 Å². The van der Waals surface area contributed by atoms with Gasteiger partial charge in [0.2, 0.25) is 0 Å². The van der Waals surface area contributed by atoms with E-state index in [0.29, 0.717) is 5.41 Å². The van der Waals surface area contributed by atoms with Gasteiger partial charge in [-0.1, -0.05) is 26.0 Å². The Morgan fingerprint density at radius 3 is 2.65 bits per heavy atom. The summed E-state index contributed by atoms with van der Waals surface area (Å²) in [5, 5.41) is 3.60. The highest BCUT2D eigenvalue weighted by atomic mass is 14.9. The van der Waals surface area contributed by atoms with Crippen LogP contribution in [0.2, 0.25) is 0 Å². The van der Waals surface area contributed by atoms with Gasteiger partial charge in [-0.05, 0) is 48.3 Å². The Kier molecular flexibility index (Phi) is 3.43. The molecule has 0 unspecified atom stereocenters. The summed E-state index contributed by atoms with van der Waals surface area (Å²) < 4.78 is 0. The van der Waals surface area contributed by atoms with Crippen LogP contribution in [-0.4, -0.2) is 6.54 Å². The van der Waals surface area contributed by atoms with Gasteiger partial charge in [0.1, 0.15) is 0 Å². The third-order valence-corrected chi connectivity index (χ3v) is 4.40. The molecule has 1 fully saturated rings. The Morgan fingerprint density at radius 2 is 2.06 bits per heavy atom. The fraction of sp³-hybridized carbons (Fsp3) is 0.600. The summed E-state index contributed by atoms with van der Waals surface area (Å²) >= 11 is 0. The molecule has 0 saturated heterocycles. The Labute approximate surface area is 105 Å². The summed E-state index contributed by atoms with van der Waals surface area (Å²) in [6.45, 7) is 8.84. The number of nitrogens with two attached hydrogens (primary N) is 1. The van der Waals surface area contributed by atoms with Crippen molar-refractivity contribution in [3.63, 3.8) is 0 Å². The first-order valence-electron chi connectivity index (χ1n) is 6.60. The third-order valence-electron chi connectivity index (χ3n) is 4.40. The zero-order valence-electron chi connectivity index (χ0n) is 11.2. The van der Waals surface area contributed by atoms with Crippen LogP contribution in [0.25, 0.3) is 0 Å². The molecule has 17 heavy (non-hydrogen) atoms. The molecule has 0 aromatic heterocycles. The van der Waals surface area contributed by atoms with Crippen LogP contribution in [0.15, 0.2) is 18.2 Å². The van der Waals surface area contributed by atoms with Gasteiger partial charge in [-0.3, -0.25) is 0 Å². The molecule has 2 rings (SSSR count). The van der Waals surface area contributed by atoms with E-state index in [0.717, 1.165) is 24.7 Å². The van der Waals surface area contributed by atoms with Crippen LogP contribution in [0.4, 0.5) is 5.69 Å². The van der Waals surface area contributed by atoms with Crippen LogP contribution in [0.1, 0.15) is 37.8 Å². The average molecular weight is 232 g/mol. The third kappa shape index (κ3) is 2.63. The van der Waals surface area contributed by atoms with E-state index in [1.807, 2.05) is 12.1 Å². The molecule has 0 radical (unpaired) electrons. The lowest BCUT2D eigenvalue weighted by Gasteiger charge is -2.20. The van der Waals surface area contributed by atoms with E-state index in [4.69, 9.17) is 5.73 Å². The van der Waals surface area contributed by atoms with Crippen LogP contribution in [0.5, 0.6) is 0 Å². The van der Waals surface area contributed by atoms with Crippen molar-refractivity contribution in [3.05, 3.63) is 29.3 Å². The molecule has 0 atom stereocenters. The minimum atomic E-state index is 0.578. The molecule has 1 saturated carbocycles. The number of benzene rings is 1. The summed E-state index contributed by atoms with van der Waals surface area (Å²) in [5.41, 5.74) is 9.93. The van der Waals surface area contributed by atoms with Crippen molar-refractivity contribution in [1.29, 1.82) is 0 Å². The van der Waals surface area contributed by atoms with Gasteiger partial charge in [0.05, 0.1) is 0 Å². The second-order valence-corrected chi connectivity index (χ2v) is 5.75. The Morgan fingerprint density at radius 1 is 1.35 bits per heavy atom. The van der Waals surface area contributed by atoms with Crippen molar-refractivity contribution >= 4 is 5.69 Å². The zero-order chi connectivity index (χ0) is 12.5. The molecule has 94 valence electrons. The number of nitrogens with one attached hydrogen (secondary N) is 1. The fourth-order valence-electron chi connectivity index (χ4n) is 2.46. The predicted octanol–water partition coefficient (Wildman–Crippen LogP) is 3.10. The topological polar surface area (TPSA) is 38.0 Å². The lowest BCUT2D eigenvalue weighted by molar-refractivity contribution is 0.337.